The van der Waals surface area contributed by atoms with Gasteiger partial charge in [0.05, 0.1) is 22.6 Å². The highest BCUT2D eigenvalue weighted by molar-refractivity contribution is 7.90. The van der Waals surface area contributed by atoms with Crippen LogP contribution in [0, 0.1) is 0 Å². The van der Waals surface area contributed by atoms with Gasteiger partial charge in [-0.15, -0.1) is 0 Å². The van der Waals surface area contributed by atoms with Gasteiger partial charge in [-0.05, 0) is 49.2 Å². The maximum absolute atomic E-state index is 12.8. The Morgan fingerprint density at radius 1 is 1.03 bits per heavy atom. The number of carbonyl (C=O) groups excluding carboxylic acids is 3. The summed E-state index contributed by atoms with van der Waals surface area (Å²) < 4.78 is 28.9. The number of ether oxygens (including phenoxy) is 1. The predicted octanol–water partition coefficient (Wildman–Crippen LogP) is 3.03. The zero-order chi connectivity index (χ0) is 24.2. The fraction of sp³-hybridized carbons (Fsp3) is 0.375. The Bertz CT molecular complexity index is 1180. The highest BCUT2D eigenvalue weighted by Crippen LogP contribution is 2.25. The molecule has 3 rings (SSSR count). The molecule has 0 spiro atoms. The molecule has 33 heavy (non-hydrogen) atoms. The lowest BCUT2D eigenvalue weighted by molar-refractivity contribution is 0.0652. The van der Waals surface area contributed by atoms with Crippen molar-refractivity contribution in [2.75, 3.05) is 33.0 Å². The molecule has 9 heteroatoms. The van der Waals surface area contributed by atoms with Crippen molar-refractivity contribution in [2.45, 2.75) is 31.1 Å². The van der Waals surface area contributed by atoms with Crippen molar-refractivity contribution in [3.63, 3.8) is 0 Å². The monoisotopic (exact) mass is 472 g/mol. The van der Waals surface area contributed by atoms with E-state index >= 15 is 0 Å². The van der Waals surface area contributed by atoms with Crippen LogP contribution < -0.4 is 4.74 Å². The highest BCUT2D eigenvalue weighted by Gasteiger charge is 2.35. The van der Waals surface area contributed by atoms with E-state index in [1.54, 1.807) is 31.3 Å². The minimum atomic E-state index is -3.31. The van der Waals surface area contributed by atoms with Crippen LogP contribution >= 0.6 is 0 Å². The van der Waals surface area contributed by atoms with Crippen LogP contribution in [-0.4, -0.2) is 68.9 Å². The molecule has 2 aromatic rings. The fourth-order valence-electron chi connectivity index (χ4n) is 3.55. The number of fused-ring (bicyclic) bond motifs is 1. The molecule has 0 fully saturated rings. The molecule has 0 saturated carbocycles. The van der Waals surface area contributed by atoms with Gasteiger partial charge in [0.2, 0.25) is 0 Å². The normalized spacial score (nSPS) is 13.2. The average Bonchev–Trinajstić information content (AvgIpc) is 3.03. The molecule has 1 aliphatic heterocycles. The smallest absolute Gasteiger partial charge is 0.261 e. The van der Waals surface area contributed by atoms with Gasteiger partial charge in [0.15, 0.2) is 9.84 Å². The van der Waals surface area contributed by atoms with Gasteiger partial charge in [-0.25, -0.2) is 8.42 Å². The summed E-state index contributed by atoms with van der Waals surface area (Å²) in [6.07, 6.45) is 3.27. The van der Waals surface area contributed by atoms with E-state index in [1.807, 2.05) is 6.92 Å². The van der Waals surface area contributed by atoms with Crippen molar-refractivity contribution in [3.05, 3.63) is 59.2 Å². The molecule has 0 bridgehead atoms. The molecule has 2 aromatic carbocycles. The topological polar surface area (TPSA) is 101 Å². The summed E-state index contributed by atoms with van der Waals surface area (Å²) in [7, 11) is -1.66. The molecule has 1 aliphatic rings. The number of carbonyl (C=O) groups is 3. The van der Waals surface area contributed by atoms with Crippen LogP contribution in [0.5, 0.6) is 5.75 Å². The maximum Gasteiger partial charge on any atom is 0.261 e. The van der Waals surface area contributed by atoms with E-state index in [4.69, 9.17) is 4.74 Å². The van der Waals surface area contributed by atoms with Gasteiger partial charge in [-0.2, -0.15) is 0 Å². The van der Waals surface area contributed by atoms with E-state index in [1.165, 1.54) is 28.0 Å². The van der Waals surface area contributed by atoms with Gasteiger partial charge in [0, 0.05) is 32.0 Å². The maximum atomic E-state index is 12.8. The first-order chi connectivity index (χ1) is 15.6. The van der Waals surface area contributed by atoms with Crippen LogP contribution in [0.1, 0.15) is 57.3 Å². The molecule has 8 nitrogen and oxygen atoms in total. The van der Waals surface area contributed by atoms with Crippen molar-refractivity contribution in [1.82, 2.24) is 9.80 Å². The molecule has 176 valence electrons. The summed E-state index contributed by atoms with van der Waals surface area (Å²) in [6, 6.07) is 10.9. The molecule has 0 radical (unpaired) electrons. The second kappa shape index (κ2) is 10.2. The van der Waals surface area contributed by atoms with Crippen LogP contribution in [0.3, 0.4) is 0 Å². The molecule has 0 N–H and O–H groups in total. The molecule has 0 aliphatic carbocycles. The van der Waals surface area contributed by atoms with E-state index in [0.29, 0.717) is 43.0 Å². The Balaban J connectivity index is 1.57. The summed E-state index contributed by atoms with van der Waals surface area (Å²) in [4.78, 5) is 40.8. The minimum Gasteiger partial charge on any atom is -0.493 e. The van der Waals surface area contributed by atoms with Crippen molar-refractivity contribution in [1.29, 1.82) is 0 Å². The minimum absolute atomic E-state index is 0.185. The van der Waals surface area contributed by atoms with Gasteiger partial charge >= 0.3 is 0 Å². The zero-order valence-electron chi connectivity index (χ0n) is 19.0. The van der Waals surface area contributed by atoms with E-state index in [2.05, 4.69) is 0 Å². The van der Waals surface area contributed by atoms with Crippen LogP contribution in [0.15, 0.2) is 47.4 Å². The molecule has 0 saturated heterocycles. The second-order valence-corrected chi connectivity index (χ2v) is 10.1. The molecule has 0 aromatic heterocycles. The molecule has 0 atom stereocenters. The average molecular weight is 473 g/mol. The standard InChI is InChI=1S/C24H28N2O6S/c1-4-5-13-26-23(28)20-11-10-17(15-21(20)24(26)29)22(27)25(2)12-7-14-32-18-8-6-9-19(16-18)33(3,30)31/h6,8-11,15-16H,4-5,7,12-14H2,1-3H3. The number of amides is 3. The molecule has 1 heterocycles. The third kappa shape index (κ3) is 5.60. The Hall–Kier alpha value is -3.20. The number of nitrogens with zero attached hydrogens (tertiary/aromatic N) is 2. The SMILES string of the molecule is CCCCN1C(=O)c2ccc(C(=O)N(C)CCCOc3cccc(S(C)(=O)=O)c3)cc2C1=O. The Labute approximate surface area is 194 Å². The predicted molar refractivity (Wildman–Crippen MR) is 123 cm³/mol. The molecular formula is C24H28N2O6S. The fourth-order valence-corrected chi connectivity index (χ4v) is 4.21. The number of unbranched alkanes of at least 4 members (excludes halogenated alkanes) is 1. The number of hydrogen-bond acceptors (Lipinski definition) is 6. The Kier molecular flexibility index (Phi) is 7.53. The Morgan fingerprint density at radius 3 is 2.45 bits per heavy atom. The van der Waals surface area contributed by atoms with Crippen LogP contribution in [0.4, 0.5) is 0 Å². The van der Waals surface area contributed by atoms with Gasteiger partial charge in [0.25, 0.3) is 17.7 Å². The number of imide groups is 1. The van der Waals surface area contributed by atoms with E-state index in [-0.39, 0.29) is 28.2 Å². The second-order valence-electron chi connectivity index (χ2n) is 8.05. The largest absolute Gasteiger partial charge is 0.493 e. The van der Waals surface area contributed by atoms with Gasteiger partial charge in [0.1, 0.15) is 5.75 Å². The van der Waals surface area contributed by atoms with Crippen molar-refractivity contribution in [2.24, 2.45) is 0 Å². The summed E-state index contributed by atoms with van der Waals surface area (Å²) >= 11 is 0. The molecule has 0 unspecified atom stereocenters. The van der Waals surface area contributed by atoms with E-state index < -0.39 is 9.84 Å². The number of rotatable bonds is 10. The first kappa shape index (κ1) is 24.4. The lowest BCUT2D eigenvalue weighted by Crippen LogP contribution is -2.30. The van der Waals surface area contributed by atoms with Crippen molar-refractivity contribution < 1.29 is 27.5 Å². The van der Waals surface area contributed by atoms with Crippen molar-refractivity contribution >= 4 is 27.6 Å². The van der Waals surface area contributed by atoms with Crippen LogP contribution in [-0.2, 0) is 9.84 Å². The number of hydrogen-bond donors (Lipinski definition) is 0. The molecule has 3 amide bonds. The summed E-state index contributed by atoms with van der Waals surface area (Å²) in [5.74, 6) is -0.483. The highest BCUT2D eigenvalue weighted by atomic mass is 32.2. The van der Waals surface area contributed by atoms with E-state index in [0.717, 1.165) is 19.1 Å². The summed E-state index contributed by atoms with van der Waals surface area (Å²) in [6.45, 7) is 3.06. The zero-order valence-corrected chi connectivity index (χ0v) is 19.9. The Morgan fingerprint density at radius 2 is 1.76 bits per heavy atom. The first-order valence-corrected chi connectivity index (χ1v) is 12.7. The third-order valence-electron chi connectivity index (χ3n) is 5.44. The van der Waals surface area contributed by atoms with Crippen LogP contribution in [0.2, 0.25) is 0 Å². The quantitative estimate of drug-likeness (QED) is 0.389. The van der Waals surface area contributed by atoms with Crippen LogP contribution in [0.25, 0.3) is 0 Å². The van der Waals surface area contributed by atoms with Gasteiger partial charge < -0.3 is 9.64 Å². The van der Waals surface area contributed by atoms with Gasteiger partial charge in [-0.1, -0.05) is 19.4 Å². The van der Waals surface area contributed by atoms with E-state index in [9.17, 15) is 22.8 Å². The van der Waals surface area contributed by atoms with Gasteiger partial charge in [-0.3, -0.25) is 19.3 Å². The lowest BCUT2D eigenvalue weighted by Gasteiger charge is -2.17. The van der Waals surface area contributed by atoms with Crippen molar-refractivity contribution in [3.8, 4) is 5.75 Å². The summed E-state index contributed by atoms with van der Waals surface area (Å²) in [5.41, 5.74) is 0.945. The number of benzene rings is 2. The summed E-state index contributed by atoms with van der Waals surface area (Å²) in [5, 5.41) is 0. The lowest BCUT2D eigenvalue weighted by atomic mass is 10.0. The number of sulfone groups is 1. The molecular weight excluding hydrogens is 444 g/mol. The third-order valence-corrected chi connectivity index (χ3v) is 6.55. The first-order valence-electron chi connectivity index (χ1n) is 10.8.